The molecule has 1 heterocycles. The number of aromatic nitrogens is 2. The second kappa shape index (κ2) is 4.14. The van der Waals surface area contributed by atoms with Gasteiger partial charge in [-0.3, -0.25) is 4.68 Å². The minimum absolute atomic E-state index is 0.287. The summed E-state index contributed by atoms with van der Waals surface area (Å²) in [5.74, 6) is 0.301. The molecule has 2 N–H and O–H groups in total. The fourth-order valence-corrected chi connectivity index (χ4v) is 1.96. The van der Waals surface area contributed by atoms with Crippen LogP contribution in [-0.2, 0) is 6.54 Å². The van der Waals surface area contributed by atoms with Crippen molar-refractivity contribution >= 4 is 10.9 Å². The number of fused-ring (bicyclic) bond motifs is 1. The summed E-state index contributed by atoms with van der Waals surface area (Å²) in [6, 6.07) is 5.73. The van der Waals surface area contributed by atoms with Gasteiger partial charge in [-0.1, -0.05) is 6.07 Å². The number of rotatable bonds is 3. The van der Waals surface area contributed by atoms with Crippen LogP contribution in [0.5, 0.6) is 5.75 Å². The maximum Gasteiger partial charge on any atom is 0.126 e. The Labute approximate surface area is 94.9 Å². The fourth-order valence-electron chi connectivity index (χ4n) is 1.96. The van der Waals surface area contributed by atoms with Crippen molar-refractivity contribution in [2.75, 3.05) is 7.05 Å². The van der Waals surface area contributed by atoms with E-state index < -0.39 is 0 Å². The molecule has 0 saturated heterocycles. The van der Waals surface area contributed by atoms with Crippen LogP contribution in [0.4, 0.5) is 0 Å². The van der Waals surface area contributed by atoms with Crippen LogP contribution in [0.15, 0.2) is 18.2 Å². The summed E-state index contributed by atoms with van der Waals surface area (Å²) in [6.07, 6.45) is 0. The van der Waals surface area contributed by atoms with Crippen molar-refractivity contribution in [3.63, 3.8) is 0 Å². The van der Waals surface area contributed by atoms with E-state index in [-0.39, 0.29) is 6.04 Å². The summed E-state index contributed by atoms with van der Waals surface area (Å²) in [5, 5.41) is 18.4. The number of nitrogens with zero attached hydrogens (tertiary/aromatic N) is 2. The van der Waals surface area contributed by atoms with Gasteiger partial charge in [0.1, 0.15) is 5.75 Å². The molecule has 0 unspecified atom stereocenters. The van der Waals surface area contributed by atoms with E-state index in [4.69, 9.17) is 0 Å². The molecule has 0 aliphatic rings. The van der Waals surface area contributed by atoms with Crippen molar-refractivity contribution in [1.82, 2.24) is 15.1 Å². The number of nitrogens with one attached hydrogen (secondary N) is 1. The first kappa shape index (κ1) is 11.0. The maximum atomic E-state index is 9.89. The molecule has 2 rings (SSSR count). The SMILES string of the molecule is CNCc1c2c(O)cccc2nn1C(C)C. The molecule has 86 valence electrons. The molecule has 0 aliphatic carbocycles. The van der Waals surface area contributed by atoms with Crippen LogP contribution in [0.3, 0.4) is 0 Å². The largest absolute Gasteiger partial charge is 0.507 e. The summed E-state index contributed by atoms with van der Waals surface area (Å²) < 4.78 is 1.96. The molecule has 4 heteroatoms. The summed E-state index contributed by atoms with van der Waals surface area (Å²) in [6.45, 7) is 4.87. The fraction of sp³-hybridized carbons (Fsp3) is 0.417. The van der Waals surface area contributed by atoms with Gasteiger partial charge in [-0.15, -0.1) is 0 Å². The molecule has 0 aliphatic heterocycles. The zero-order valence-electron chi connectivity index (χ0n) is 9.86. The Morgan fingerprint density at radius 2 is 2.19 bits per heavy atom. The van der Waals surface area contributed by atoms with Crippen LogP contribution in [0.1, 0.15) is 25.6 Å². The van der Waals surface area contributed by atoms with Crippen molar-refractivity contribution in [2.24, 2.45) is 0 Å². The van der Waals surface area contributed by atoms with Gasteiger partial charge in [0.2, 0.25) is 0 Å². The van der Waals surface area contributed by atoms with Crippen LogP contribution >= 0.6 is 0 Å². The predicted octanol–water partition coefficient (Wildman–Crippen LogP) is 2.04. The third kappa shape index (κ3) is 1.65. The Morgan fingerprint density at radius 3 is 2.81 bits per heavy atom. The van der Waals surface area contributed by atoms with Crippen LogP contribution in [0, 0.1) is 0 Å². The van der Waals surface area contributed by atoms with Crippen molar-refractivity contribution in [1.29, 1.82) is 0 Å². The lowest BCUT2D eigenvalue weighted by Gasteiger charge is -2.10. The number of benzene rings is 1. The quantitative estimate of drug-likeness (QED) is 0.830. The number of hydrogen-bond acceptors (Lipinski definition) is 3. The average molecular weight is 219 g/mol. The smallest absolute Gasteiger partial charge is 0.126 e. The number of phenolic OH excluding ortho intramolecular Hbond substituents is 1. The molecule has 0 bridgehead atoms. The molecule has 0 spiro atoms. The minimum Gasteiger partial charge on any atom is -0.507 e. The summed E-state index contributed by atoms with van der Waals surface area (Å²) in [4.78, 5) is 0. The highest BCUT2D eigenvalue weighted by molar-refractivity contribution is 5.87. The van der Waals surface area contributed by atoms with Gasteiger partial charge in [0.15, 0.2) is 0 Å². The Morgan fingerprint density at radius 1 is 1.44 bits per heavy atom. The molecule has 0 radical (unpaired) electrons. The molecule has 1 aromatic carbocycles. The Bertz CT molecular complexity index is 502. The predicted molar refractivity (Wildman–Crippen MR) is 64.5 cm³/mol. The van der Waals surface area contributed by atoms with Gasteiger partial charge in [-0.2, -0.15) is 5.10 Å². The Kier molecular flexibility index (Phi) is 2.83. The van der Waals surface area contributed by atoms with Gasteiger partial charge in [-0.05, 0) is 33.0 Å². The van der Waals surface area contributed by atoms with Gasteiger partial charge in [0.05, 0.1) is 16.6 Å². The highest BCUT2D eigenvalue weighted by Gasteiger charge is 2.15. The topological polar surface area (TPSA) is 50.1 Å². The molecule has 0 fully saturated rings. The first-order valence-corrected chi connectivity index (χ1v) is 5.48. The van der Waals surface area contributed by atoms with E-state index in [0.717, 1.165) is 16.6 Å². The van der Waals surface area contributed by atoms with E-state index in [2.05, 4.69) is 24.3 Å². The molecule has 2 aromatic rings. The lowest BCUT2D eigenvalue weighted by Crippen LogP contribution is -2.14. The van der Waals surface area contributed by atoms with Crippen LogP contribution < -0.4 is 5.32 Å². The second-order valence-corrected chi connectivity index (χ2v) is 4.19. The molecule has 16 heavy (non-hydrogen) atoms. The van der Waals surface area contributed by atoms with Crippen molar-refractivity contribution in [2.45, 2.75) is 26.4 Å². The summed E-state index contributed by atoms with van der Waals surface area (Å²) in [7, 11) is 1.89. The Balaban J connectivity index is 2.72. The van der Waals surface area contributed by atoms with E-state index in [1.165, 1.54) is 0 Å². The van der Waals surface area contributed by atoms with Crippen molar-refractivity contribution in [3.8, 4) is 5.75 Å². The summed E-state index contributed by atoms with van der Waals surface area (Å²) in [5.41, 5.74) is 1.88. The van der Waals surface area contributed by atoms with Gasteiger partial charge >= 0.3 is 0 Å². The number of phenols is 1. The molecule has 1 aromatic heterocycles. The third-order valence-corrected chi connectivity index (χ3v) is 2.63. The first-order chi connectivity index (χ1) is 7.65. The molecular weight excluding hydrogens is 202 g/mol. The second-order valence-electron chi connectivity index (χ2n) is 4.19. The maximum absolute atomic E-state index is 9.89. The summed E-state index contributed by atoms with van der Waals surface area (Å²) >= 11 is 0. The Hall–Kier alpha value is -1.55. The first-order valence-electron chi connectivity index (χ1n) is 5.48. The zero-order valence-corrected chi connectivity index (χ0v) is 9.86. The molecule has 0 atom stereocenters. The van der Waals surface area contributed by atoms with Crippen molar-refractivity contribution < 1.29 is 5.11 Å². The van der Waals surface area contributed by atoms with E-state index in [1.807, 2.05) is 23.9 Å². The highest BCUT2D eigenvalue weighted by Crippen LogP contribution is 2.29. The van der Waals surface area contributed by atoms with Gasteiger partial charge in [0, 0.05) is 12.6 Å². The molecule has 4 nitrogen and oxygen atoms in total. The van der Waals surface area contributed by atoms with Gasteiger partial charge in [-0.25, -0.2) is 0 Å². The van der Waals surface area contributed by atoms with Crippen LogP contribution in [0.25, 0.3) is 10.9 Å². The average Bonchev–Trinajstić information content (AvgIpc) is 2.59. The third-order valence-electron chi connectivity index (χ3n) is 2.63. The van der Waals surface area contributed by atoms with Crippen LogP contribution in [0.2, 0.25) is 0 Å². The minimum atomic E-state index is 0.287. The van der Waals surface area contributed by atoms with E-state index in [1.54, 1.807) is 6.07 Å². The normalized spacial score (nSPS) is 11.5. The van der Waals surface area contributed by atoms with Gasteiger partial charge in [0.25, 0.3) is 0 Å². The highest BCUT2D eigenvalue weighted by atomic mass is 16.3. The van der Waals surface area contributed by atoms with E-state index in [9.17, 15) is 5.11 Å². The molecular formula is C12H17N3O. The standard InChI is InChI=1S/C12H17N3O/c1-8(2)15-10(7-13-3)12-9(14-15)5-4-6-11(12)16/h4-6,8,13,16H,7H2,1-3H3. The van der Waals surface area contributed by atoms with Crippen LogP contribution in [-0.4, -0.2) is 21.9 Å². The van der Waals surface area contributed by atoms with E-state index >= 15 is 0 Å². The lowest BCUT2D eigenvalue weighted by atomic mass is 10.2. The lowest BCUT2D eigenvalue weighted by molar-refractivity contribution is 0.478. The zero-order chi connectivity index (χ0) is 11.7. The van der Waals surface area contributed by atoms with E-state index in [0.29, 0.717) is 12.3 Å². The van der Waals surface area contributed by atoms with Gasteiger partial charge < -0.3 is 10.4 Å². The molecule has 0 saturated carbocycles. The monoisotopic (exact) mass is 219 g/mol. The van der Waals surface area contributed by atoms with Crippen molar-refractivity contribution in [3.05, 3.63) is 23.9 Å². The number of hydrogen-bond donors (Lipinski definition) is 2. The number of aromatic hydroxyl groups is 1. The molecule has 0 amide bonds.